The van der Waals surface area contributed by atoms with E-state index in [-0.39, 0.29) is 19.3 Å². The Morgan fingerprint density at radius 1 is 1.15 bits per heavy atom. The Bertz CT molecular complexity index is 664. The van der Waals surface area contributed by atoms with E-state index >= 15 is 0 Å². The lowest BCUT2D eigenvalue weighted by atomic mass is 9.97. The van der Waals surface area contributed by atoms with Crippen molar-refractivity contribution in [3.05, 3.63) is 35.5 Å². The highest BCUT2D eigenvalue weighted by Gasteiger charge is 2.22. The van der Waals surface area contributed by atoms with Gasteiger partial charge in [0.1, 0.15) is 6.10 Å². The molecule has 0 aromatic carbocycles. The van der Waals surface area contributed by atoms with E-state index in [9.17, 15) is 19.8 Å². The first-order valence-corrected chi connectivity index (χ1v) is 12.6. The highest BCUT2D eigenvalue weighted by Crippen LogP contribution is 2.20. The number of hydrogen-bond donors (Lipinski definition) is 3. The predicted molar refractivity (Wildman–Crippen MR) is 131 cm³/mol. The standard InChI is InChI=1S/C27H44O6/c1-3-4-5-6-7-8-12-15-23(28)19-25-20-24(29)16-21(2)13-10-9-11-14-22(17-26(30)31)18-27(32)33-25/h9,11,13,18,23-25,28-29H,3-8,10,12,14-17,19-20H2,1-2H3,(H,30,31). The zero-order valence-corrected chi connectivity index (χ0v) is 20.5. The average molecular weight is 465 g/mol. The number of carboxylic acid groups (broad SMARTS) is 1. The Morgan fingerprint density at radius 2 is 1.85 bits per heavy atom. The van der Waals surface area contributed by atoms with Gasteiger partial charge in [-0.3, -0.25) is 4.79 Å². The molecule has 0 saturated heterocycles. The second-order valence-corrected chi connectivity index (χ2v) is 9.29. The highest BCUT2D eigenvalue weighted by molar-refractivity contribution is 5.84. The molecule has 0 fully saturated rings. The predicted octanol–water partition coefficient (Wildman–Crippen LogP) is 5.63. The fraction of sp³-hybridized carbons (Fsp3) is 0.704. The van der Waals surface area contributed by atoms with E-state index in [0.717, 1.165) is 18.4 Å². The summed E-state index contributed by atoms with van der Waals surface area (Å²) in [6.45, 7) is 4.15. The smallest absolute Gasteiger partial charge is 0.331 e. The van der Waals surface area contributed by atoms with Crippen molar-refractivity contribution in [2.75, 3.05) is 0 Å². The van der Waals surface area contributed by atoms with Crippen molar-refractivity contribution in [3.8, 4) is 0 Å². The van der Waals surface area contributed by atoms with Crippen molar-refractivity contribution >= 4 is 11.9 Å². The molecular formula is C27H44O6. The lowest BCUT2D eigenvalue weighted by molar-refractivity contribution is -0.146. The lowest BCUT2D eigenvalue weighted by Gasteiger charge is -2.23. The van der Waals surface area contributed by atoms with Gasteiger partial charge in [0.15, 0.2) is 0 Å². The van der Waals surface area contributed by atoms with Gasteiger partial charge < -0.3 is 20.1 Å². The fourth-order valence-electron chi connectivity index (χ4n) is 4.13. The number of aliphatic hydroxyl groups excluding tert-OH is 2. The minimum absolute atomic E-state index is 0.234. The van der Waals surface area contributed by atoms with E-state index in [4.69, 9.17) is 9.84 Å². The highest BCUT2D eigenvalue weighted by atomic mass is 16.5. The normalized spacial score (nSPS) is 21.5. The minimum Gasteiger partial charge on any atom is -0.481 e. The van der Waals surface area contributed by atoms with Gasteiger partial charge in [-0.15, -0.1) is 0 Å². The van der Waals surface area contributed by atoms with Crippen LogP contribution in [0.3, 0.4) is 0 Å². The largest absolute Gasteiger partial charge is 0.481 e. The van der Waals surface area contributed by atoms with Crippen LogP contribution in [0.5, 0.6) is 0 Å². The van der Waals surface area contributed by atoms with Crippen LogP contribution in [0, 0.1) is 0 Å². The van der Waals surface area contributed by atoms with E-state index in [0.29, 0.717) is 31.3 Å². The molecule has 6 heteroatoms. The fourth-order valence-corrected chi connectivity index (χ4v) is 4.13. The minimum atomic E-state index is -1.00. The van der Waals surface area contributed by atoms with Gasteiger partial charge in [0, 0.05) is 18.9 Å². The number of esters is 1. The summed E-state index contributed by atoms with van der Waals surface area (Å²) >= 11 is 0. The van der Waals surface area contributed by atoms with Crippen LogP contribution in [0.15, 0.2) is 35.5 Å². The Kier molecular flexibility index (Phi) is 15.5. The molecule has 0 aromatic rings. The quantitative estimate of drug-likeness (QED) is 0.196. The summed E-state index contributed by atoms with van der Waals surface area (Å²) in [6.07, 6.45) is 15.7. The Hall–Kier alpha value is -1.92. The molecule has 3 atom stereocenters. The monoisotopic (exact) mass is 464 g/mol. The SMILES string of the molecule is CCCCCCCCCC(O)CC1CC(O)CC(C)=CCC=CCC(CC(=O)O)=CC(=O)O1. The number of carbonyl (C=O) groups is 2. The van der Waals surface area contributed by atoms with Gasteiger partial charge in [0.05, 0.1) is 18.6 Å². The molecule has 0 amide bonds. The number of hydrogen-bond acceptors (Lipinski definition) is 5. The number of aliphatic carboxylic acids is 1. The first-order valence-electron chi connectivity index (χ1n) is 12.6. The molecule has 0 radical (unpaired) electrons. The van der Waals surface area contributed by atoms with Crippen molar-refractivity contribution in [1.82, 2.24) is 0 Å². The van der Waals surface area contributed by atoms with Crippen molar-refractivity contribution in [1.29, 1.82) is 0 Å². The number of allylic oxidation sites excluding steroid dienone is 3. The molecule has 188 valence electrons. The first-order chi connectivity index (χ1) is 15.8. The second kappa shape index (κ2) is 17.5. The van der Waals surface area contributed by atoms with Crippen LogP contribution in [0.4, 0.5) is 0 Å². The summed E-state index contributed by atoms with van der Waals surface area (Å²) in [4.78, 5) is 23.7. The van der Waals surface area contributed by atoms with Gasteiger partial charge in [0.2, 0.25) is 0 Å². The summed E-state index contributed by atoms with van der Waals surface area (Å²) in [7, 11) is 0. The summed E-state index contributed by atoms with van der Waals surface area (Å²) in [5.41, 5.74) is 1.50. The molecule has 1 heterocycles. The molecule has 1 rings (SSSR count). The maximum atomic E-state index is 12.5. The van der Waals surface area contributed by atoms with Gasteiger partial charge in [-0.1, -0.05) is 75.7 Å². The number of carboxylic acids is 1. The summed E-state index contributed by atoms with van der Waals surface area (Å²) < 4.78 is 5.58. The van der Waals surface area contributed by atoms with Crippen LogP contribution in [-0.4, -0.2) is 45.6 Å². The average Bonchev–Trinajstić information content (AvgIpc) is 2.71. The molecule has 3 N–H and O–H groups in total. The van der Waals surface area contributed by atoms with Gasteiger partial charge >= 0.3 is 11.9 Å². The Morgan fingerprint density at radius 3 is 2.55 bits per heavy atom. The molecule has 0 spiro atoms. The van der Waals surface area contributed by atoms with Crippen LogP contribution >= 0.6 is 0 Å². The van der Waals surface area contributed by atoms with E-state index in [2.05, 4.69) is 6.92 Å². The molecule has 0 bridgehead atoms. The lowest BCUT2D eigenvalue weighted by Crippen LogP contribution is -2.28. The number of aliphatic hydroxyl groups is 2. The van der Waals surface area contributed by atoms with Crippen LogP contribution in [-0.2, 0) is 14.3 Å². The molecule has 0 aliphatic carbocycles. The summed E-state index contributed by atoms with van der Waals surface area (Å²) in [5, 5.41) is 30.2. The zero-order chi connectivity index (χ0) is 24.5. The van der Waals surface area contributed by atoms with Crippen LogP contribution in [0.25, 0.3) is 0 Å². The molecule has 1 aliphatic rings. The number of cyclic esters (lactones) is 1. The van der Waals surface area contributed by atoms with E-state index < -0.39 is 30.3 Å². The maximum absolute atomic E-state index is 12.5. The van der Waals surface area contributed by atoms with Gasteiger partial charge in [0.25, 0.3) is 0 Å². The number of ether oxygens (including phenoxy) is 1. The van der Waals surface area contributed by atoms with E-state index in [1.165, 1.54) is 38.2 Å². The van der Waals surface area contributed by atoms with Crippen molar-refractivity contribution in [2.24, 2.45) is 0 Å². The topological polar surface area (TPSA) is 104 Å². The summed E-state index contributed by atoms with van der Waals surface area (Å²) in [5.74, 6) is -1.62. The van der Waals surface area contributed by atoms with Gasteiger partial charge in [-0.05, 0) is 38.2 Å². The molecule has 1 aliphatic heterocycles. The molecule has 0 saturated carbocycles. The first kappa shape index (κ1) is 29.1. The summed E-state index contributed by atoms with van der Waals surface area (Å²) in [6, 6.07) is 0. The third-order valence-electron chi connectivity index (χ3n) is 5.90. The Labute approximate surface area is 199 Å². The van der Waals surface area contributed by atoms with Crippen molar-refractivity contribution in [2.45, 2.75) is 122 Å². The zero-order valence-electron chi connectivity index (χ0n) is 20.5. The molecular weight excluding hydrogens is 420 g/mol. The maximum Gasteiger partial charge on any atom is 0.331 e. The third kappa shape index (κ3) is 15.5. The van der Waals surface area contributed by atoms with Crippen LogP contribution < -0.4 is 0 Å². The second-order valence-electron chi connectivity index (χ2n) is 9.29. The van der Waals surface area contributed by atoms with Crippen molar-refractivity contribution in [3.63, 3.8) is 0 Å². The van der Waals surface area contributed by atoms with Crippen LogP contribution in [0.1, 0.15) is 104 Å². The number of rotatable bonds is 12. The van der Waals surface area contributed by atoms with Gasteiger partial charge in [-0.2, -0.15) is 0 Å². The molecule has 3 unspecified atom stereocenters. The molecule has 6 nitrogen and oxygen atoms in total. The number of carbonyl (C=O) groups excluding carboxylic acids is 1. The number of unbranched alkanes of at least 4 members (excludes halogenated alkanes) is 6. The van der Waals surface area contributed by atoms with Crippen LogP contribution in [0.2, 0.25) is 0 Å². The third-order valence-corrected chi connectivity index (χ3v) is 5.90. The van der Waals surface area contributed by atoms with Crippen molar-refractivity contribution < 1.29 is 29.6 Å². The van der Waals surface area contributed by atoms with E-state index in [1.807, 2.05) is 25.2 Å². The molecule has 0 aromatic heterocycles. The Balaban J connectivity index is 2.74. The molecule has 33 heavy (non-hydrogen) atoms. The van der Waals surface area contributed by atoms with E-state index in [1.54, 1.807) is 0 Å². The van der Waals surface area contributed by atoms with Gasteiger partial charge in [-0.25, -0.2) is 4.79 Å².